The van der Waals surface area contributed by atoms with Crippen LogP contribution in [0.25, 0.3) is 5.70 Å². The number of hydrogen-bond acceptors (Lipinski definition) is 2. The molecule has 0 aliphatic heterocycles. The van der Waals surface area contributed by atoms with Crippen LogP contribution in [-0.4, -0.2) is 4.98 Å². The Bertz CT molecular complexity index is 486. The van der Waals surface area contributed by atoms with Gasteiger partial charge in [0.1, 0.15) is 0 Å². The molecule has 0 saturated carbocycles. The molecule has 2 nitrogen and oxygen atoms in total. The van der Waals surface area contributed by atoms with Crippen LogP contribution in [0.3, 0.4) is 0 Å². The van der Waals surface area contributed by atoms with Crippen molar-refractivity contribution in [3.63, 3.8) is 0 Å². The van der Waals surface area contributed by atoms with Gasteiger partial charge in [0, 0.05) is 24.6 Å². The SMILES string of the molecule is C=C(NCc1cccnc1)c1ccc(C)cc1. The van der Waals surface area contributed by atoms with Crippen LogP contribution in [-0.2, 0) is 6.54 Å². The molecule has 0 aliphatic rings. The molecule has 0 amide bonds. The molecule has 86 valence electrons. The molecule has 2 heteroatoms. The van der Waals surface area contributed by atoms with Gasteiger partial charge in [0.25, 0.3) is 0 Å². The molecule has 1 aromatic carbocycles. The highest BCUT2D eigenvalue weighted by molar-refractivity contribution is 5.61. The van der Waals surface area contributed by atoms with Crippen molar-refractivity contribution in [1.29, 1.82) is 0 Å². The predicted molar refractivity (Wildman–Crippen MR) is 71.3 cm³/mol. The van der Waals surface area contributed by atoms with E-state index in [2.05, 4.69) is 48.1 Å². The molecule has 2 rings (SSSR count). The molecule has 0 radical (unpaired) electrons. The second-order valence-corrected chi connectivity index (χ2v) is 4.06. The Morgan fingerprint density at radius 3 is 2.65 bits per heavy atom. The summed E-state index contributed by atoms with van der Waals surface area (Å²) in [5.74, 6) is 0. The van der Waals surface area contributed by atoms with E-state index in [9.17, 15) is 0 Å². The Morgan fingerprint density at radius 2 is 2.00 bits per heavy atom. The van der Waals surface area contributed by atoms with Crippen LogP contribution < -0.4 is 5.32 Å². The fourth-order valence-electron chi connectivity index (χ4n) is 1.57. The lowest BCUT2D eigenvalue weighted by atomic mass is 10.1. The van der Waals surface area contributed by atoms with E-state index in [-0.39, 0.29) is 0 Å². The highest BCUT2D eigenvalue weighted by Gasteiger charge is 1.98. The van der Waals surface area contributed by atoms with Crippen LogP contribution in [0.1, 0.15) is 16.7 Å². The number of rotatable bonds is 4. The zero-order valence-electron chi connectivity index (χ0n) is 9.98. The monoisotopic (exact) mass is 224 g/mol. The van der Waals surface area contributed by atoms with E-state index >= 15 is 0 Å². The number of benzene rings is 1. The van der Waals surface area contributed by atoms with E-state index in [0.717, 1.165) is 23.4 Å². The minimum Gasteiger partial charge on any atom is -0.381 e. The van der Waals surface area contributed by atoms with E-state index in [1.54, 1.807) is 6.20 Å². The average molecular weight is 224 g/mol. The number of nitrogens with zero attached hydrogens (tertiary/aromatic N) is 1. The van der Waals surface area contributed by atoms with Crippen LogP contribution in [0.4, 0.5) is 0 Å². The highest BCUT2D eigenvalue weighted by atomic mass is 14.9. The van der Waals surface area contributed by atoms with Crippen molar-refractivity contribution in [2.45, 2.75) is 13.5 Å². The van der Waals surface area contributed by atoms with Crippen molar-refractivity contribution >= 4 is 5.70 Å². The van der Waals surface area contributed by atoms with E-state index in [4.69, 9.17) is 0 Å². The van der Waals surface area contributed by atoms with Gasteiger partial charge < -0.3 is 5.32 Å². The lowest BCUT2D eigenvalue weighted by Gasteiger charge is -2.09. The van der Waals surface area contributed by atoms with E-state index < -0.39 is 0 Å². The molecular weight excluding hydrogens is 208 g/mol. The van der Waals surface area contributed by atoms with Crippen molar-refractivity contribution < 1.29 is 0 Å². The smallest absolute Gasteiger partial charge is 0.0416 e. The normalized spacial score (nSPS) is 9.94. The first-order chi connectivity index (χ1) is 8.25. The Morgan fingerprint density at radius 1 is 1.24 bits per heavy atom. The van der Waals surface area contributed by atoms with E-state index in [1.165, 1.54) is 5.56 Å². The molecule has 17 heavy (non-hydrogen) atoms. The summed E-state index contributed by atoms with van der Waals surface area (Å²) in [5, 5.41) is 3.30. The first-order valence-corrected chi connectivity index (χ1v) is 5.64. The molecule has 0 saturated heterocycles. The van der Waals surface area contributed by atoms with Gasteiger partial charge in [0.05, 0.1) is 0 Å². The quantitative estimate of drug-likeness (QED) is 0.863. The zero-order chi connectivity index (χ0) is 12.1. The van der Waals surface area contributed by atoms with Gasteiger partial charge in [-0.15, -0.1) is 0 Å². The molecule has 1 aromatic heterocycles. The second-order valence-electron chi connectivity index (χ2n) is 4.06. The fraction of sp³-hybridized carbons (Fsp3) is 0.133. The summed E-state index contributed by atoms with van der Waals surface area (Å²) in [7, 11) is 0. The van der Waals surface area contributed by atoms with Gasteiger partial charge in [-0.1, -0.05) is 42.5 Å². The lowest BCUT2D eigenvalue weighted by Crippen LogP contribution is -2.10. The molecule has 0 atom stereocenters. The number of pyridine rings is 1. The lowest BCUT2D eigenvalue weighted by molar-refractivity contribution is 0.884. The standard InChI is InChI=1S/C15H16N2/c1-12-5-7-15(8-6-12)13(2)17-11-14-4-3-9-16-10-14/h3-10,17H,2,11H2,1H3. The first-order valence-electron chi connectivity index (χ1n) is 5.64. The summed E-state index contributed by atoms with van der Waals surface area (Å²) in [6.07, 6.45) is 3.63. The van der Waals surface area contributed by atoms with E-state index in [1.807, 2.05) is 18.3 Å². The van der Waals surface area contributed by atoms with Gasteiger partial charge in [-0.2, -0.15) is 0 Å². The van der Waals surface area contributed by atoms with Crippen LogP contribution in [0.2, 0.25) is 0 Å². The van der Waals surface area contributed by atoms with Crippen molar-refractivity contribution in [3.8, 4) is 0 Å². The summed E-state index contributed by atoms with van der Waals surface area (Å²) < 4.78 is 0. The molecule has 0 spiro atoms. The zero-order valence-corrected chi connectivity index (χ0v) is 9.98. The number of aryl methyl sites for hydroxylation is 1. The Balaban J connectivity index is 1.96. The van der Waals surface area contributed by atoms with Gasteiger partial charge in [-0.05, 0) is 24.1 Å². The summed E-state index contributed by atoms with van der Waals surface area (Å²) in [4.78, 5) is 4.08. The molecule has 1 heterocycles. The third-order valence-electron chi connectivity index (χ3n) is 2.63. The van der Waals surface area contributed by atoms with Crippen molar-refractivity contribution in [2.75, 3.05) is 0 Å². The maximum atomic E-state index is 4.08. The van der Waals surface area contributed by atoms with Gasteiger partial charge in [-0.3, -0.25) is 4.98 Å². The van der Waals surface area contributed by atoms with Crippen molar-refractivity contribution in [1.82, 2.24) is 10.3 Å². The Hall–Kier alpha value is -2.09. The van der Waals surface area contributed by atoms with Crippen LogP contribution in [0.15, 0.2) is 55.4 Å². The topological polar surface area (TPSA) is 24.9 Å². The molecule has 0 bridgehead atoms. The van der Waals surface area contributed by atoms with Gasteiger partial charge in [-0.25, -0.2) is 0 Å². The Labute approximate surface area is 102 Å². The average Bonchev–Trinajstić information content (AvgIpc) is 2.38. The summed E-state index contributed by atoms with van der Waals surface area (Å²) >= 11 is 0. The third-order valence-corrected chi connectivity index (χ3v) is 2.63. The van der Waals surface area contributed by atoms with Crippen molar-refractivity contribution in [3.05, 3.63) is 72.1 Å². The molecule has 2 aromatic rings. The minimum atomic E-state index is 0.751. The molecule has 0 fully saturated rings. The van der Waals surface area contributed by atoms with E-state index in [0.29, 0.717) is 0 Å². The summed E-state index contributed by atoms with van der Waals surface area (Å²) in [6, 6.07) is 12.3. The fourth-order valence-corrected chi connectivity index (χ4v) is 1.57. The highest BCUT2D eigenvalue weighted by Crippen LogP contribution is 2.11. The first kappa shape index (κ1) is 11.4. The van der Waals surface area contributed by atoms with Crippen LogP contribution in [0.5, 0.6) is 0 Å². The molecule has 0 unspecified atom stereocenters. The van der Waals surface area contributed by atoms with Crippen LogP contribution >= 0.6 is 0 Å². The molecule has 0 aliphatic carbocycles. The largest absolute Gasteiger partial charge is 0.381 e. The predicted octanol–water partition coefficient (Wildman–Crippen LogP) is 3.15. The molecule has 1 N–H and O–H groups in total. The second kappa shape index (κ2) is 5.30. The number of hydrogen-bond donors (Lipinski definition) is 1. The van der Waals surface area contributed by atoms with Gasteiger partial charge >= 0.3 is 0 Å². The third kappa shape index (κ3) is 3.18. The van der Waals surface area contributed by atoms with Gasteiger partial charge in [0.2, 0.25) is 0 Å². The molecular formula is C15H16N2. The van der Waals surface area contributed by atoms with Crippen molar-refractivity contribution in [2.24, 2.45) is 0 Å². The maximum absolute atomic E-state index is 4.08. The Kier molecular flexibility index (Phi) is 3.55. The summed E-state index contributed by atoms with van der Waals surface area (Å²) in [5.41, 5.74) is 4.47. The van der Waals surface area contributed by atoms with Gasteiger partial charge in [0.15, 0.2) is 0 Å². The minimum absolute atomic E-state index is 0.751. The maximum Gasteiger partial charge on any atom is 0.0416 e. The van der Waals surface area contributed by atoms with Crippen LogP contribution in [0, 0.1) is 6.92 Å². The summed E-state index contributed by atoms with van der Waals surface area (Å²) in [6.45, 7) is 6.87. The number of aromatic nitrogens is 1. The number of nitrogens with one attached hydrogen (secondary N) is 1.